The summed E-state index contributed by atoms with van der Waals surface area (Å²) >= 11 is 0. The molecular formula is C7H15ClOS. The average molecular weight is 183 g/mol. The van der Waals surface area contributed by atoms with Crippen LogP contribution in [0.25, 0.3) is 0 Å². The average Bonchev–Trinajstić information content (AvgIpc) is 1.85. The summed E-state index contributed by atoms with van der Waals surface area (Å²) in [5, 5.41) is 0. The molecule has 0 rings (SSSR count). The Morgan fingerprint density at radius 3 is 2.30 bits per heavy atom. The summed E-state index contributed by atoms with van der Waals surface area (Å²) in [6, 6.07) is 0. The second kappa shape index (κ2) is 4.35. The van der Waals surface area contributed by atoms with E-state index >= 15 is 0 Å². The van der Waals surface area contributed by atoms with Gasteiger partial charge in [0.1, 0.15) is 10.0 Å². The third-order valence-corrected chi connectivity index (χ3v) is 2.88. The third kappa shape index (κ3) is 5.24. The minimum atomic E-state index is -1.14. The topological polar surface area (TPSA) is 17.1 Å². The minimum Gasteiger partial charge on any atom is -0.243 e. The molecule has 1 unspecified atom stereocenters. The lowest BCUT2D eigenvalue weighted by molar-refractivity contribution is 0.340. The SMILES string of the molecule is CCC(C)(C)CCS(=O)Cl. The van der Waals surface area contributed by atoms with Gasteiger partial charge in [-0.2, -0.15) is 0 Å². The third-order valence-electron chi connectivity index (χ3n) is 1.90. The van der Waals surface area contributed by atoms with Gasteiger partial charge in [-0.05, 0) is 22.5 Å². The van der Waals surface area contributed by atoms with Crippen LogP contribution in [0.2, 0.25) is 0 Å². The van der Waals surface area contributed by atoms with Crippen LogP contribution in [-0.4, -0.2) is 9.96 Å². The van der Waals surface area contributed by atoms with Crippen molar-refractivity contribution in [2.24, 2.45) is 5.41 Å². The largest absolute Gasteiger partial charge is 0.243 e. The Balaban J connectivity index is 3.56. The molecular weight excluding hydrogens is 168 g/mol. The molecule has 0 aliphatic rings. The van der Waals surface area contributed by atoms with E-state index in [0.717, 1.165) is 12.8 Å². The number of hydrogen-bond acceptors (Lipinski definition) is 1. The first-order chi connectivity index (χ1) is 4.48. The smallest absolute Gasteiger partial charge is 0.114 e. The van der Waals surface area contributed by atoms with Gasteiger partial charge in [-0.1, -0.05) is 27.2 Å². The molecule has 0 spiro atoms. The Kier molecular flexibility index (Phi) is 4.54. The molecule has 3 heteroatoms. The quantitative estimate of drug-likeness (QED) is 0.612. The molecule has 0 aromatic heterocycles. The fourth-order valence-electron chi connectivity index (χ4n) is 0.533. The zero-order valence-corrected chi connectivity index (χ0v) is 8.39. The van der Waals surface area contributed by atoms with Crippen molar-refractivity contribution in [2.75, 3.05) is 5.75 Å². The van der Waals surface area contributed by atoms with E-state index in [9.17, 15) is 4.21 Å². The van der Waals surface area contributed by atoms with Crippen LogP contribution in [0.15, 0.2) is 0 Å². The van der Waals surface area contributed by atoms with Gasteiger partial charge in [0.05, 0.1) is 0 Å². The van der Waals surface area contributed by atoms with Gasteiger partial charge in [0, 0.05) is 5.75 Å². The summed E-state index contributed by atoms with van der Waals surface area (Å²) in [6.45, 7) is 6.46. The summed E-state index contributed by atoms with van der Waals surface area (Å²) in [4.78, 5) is 0. The lowest BCUT2D eigenvalue weighted by Crippen LogP contribution is -2.12. The van der Waals surface area contributed by atoms with Crippen molar-refractivity contribution in [2.45, 2.75) is 33.6 Å². The van der Waals surface area contributed by atoms with Crippen molar-refractivity contribution >= 4 is 20.7 Å². The van der Waals surface area contributed by atoms with E-state index in [1.54, 1.807) is 0 Å². The molecule has 0 N–H and O–H groups in total. The van der Waals surface area contributed by atoms with Crippen LogP contribution in [0, 0.1) is 5.41 Å². The van der Waals surface area contributed by atoms with E-state index in [1.807, 2.05) is 0 Å². The number of halogens is 1. The van der Waals surface area contributed by atoms with Gasteiger partial charge >= 0.3 is 0 Å². The van der Waals surface area contributed by atoms with Crippen LogP contribution in [0.5, 0.6) is 0 Å². The summed E-state index contributed by atoms with van der Waals surface area (Å²) in [5.41, 5.74) is 0.296. The highest BCUT2D eigenvalue weighted by Crippen LogP contribution is 2.24. The van der Waals surface area contributed by atoms with E-state index in [4.69, 9.17) is 10.7 Å². The number of hydrogen-bond donors (Lipinski definition) is 0. The highest BCUT2D eigenvalue weighted by Gasteiger charge is 2.15. The molecule has 0 aliphatic heterocycles. The molecule has 10 heavy (non-hydrogen) atoms. The zero-order chi connectivity index (χ0) is 8.20. The maximum absolute atomic E-state index is 10.5. The zero-order valence-electron chi connectivity index (χ0n) is 6.82. The first kappa shape index (κ1) is 10.4. The highest BCUT2D eigenvalue weighted by molar-refractivity contribution is 8.08. The van der Waals surface area contributed by atoms with Gasteiger partial charge < -0.3 is 0 Å². The molecule has 62 valence electrons. The Morgan fingerprint density at radius 2 is 2.00 bits per heavy atom. The second-order valence-corrected chi connectivity index (χ2v) is 5.28. The van der Waals surface area contributed by atoms with E-state index in [2.05, 4.69) is 20.8 Å². The normalized spacial score (nSPS) is 15.2. The Labute approximate surface area is 70.1 Å². The second-order valence-electron chi connectivity index (χ2n) is 3.26. The molecule has 0 fully saturated rings. The monoisotopic (exact) mass is 182 g/mol. The first-order valence-corrected chi connectivity index (χ1v) is 5.67. The standard InChI is InChI=1S/C7H15ClOS/c1-4-7(2,3)5-6-10(8)9/h4-6H2,1-3H3. The van der Waals surface area contributed by atoms with Gasteiger partial charge in [0.15, 0.2) is 0 Å². The predicted molar refractivity (Wildman–Crippen MR) is 47.6 cm³/mol. The van der Waals surface area contributed by atoms with Crippen LogP contribution < -0.4 is 0 Å². The molecule has 1 nitrogen and oxygen atoms in total. The molecule has 0 bridgehead atoms. The van der Waals surface area contributed by atoms with Crippen molar-refractivity contribution in [3.8, 4) is 0 Å². The van der Waals surface area contributed by atoms with Crippen molar-refractivity contribution < 1.29 is 4.21 Å². The van der Waals surface area contributed by atoms with Gasteiger partial charge in [-0.25, -0.2) is 4.21 Å². The van der Waals surface area contributed by atoms with Crippen molar-refractivity contribution in [3.05, 3.63) is 0 Å². The van der Waals surface area contributed by atoms with Crippen LogP contribution in [0.4, 0.5) is 0 Å². The van der Waals surface area contributed by atoms with E-state index in [1.165, 1.54) is 0 Å². The fraction of sp³-hybridized carbons (Fsp3) is 1.00. The predicted octanol–water partition coefficient (Wildman–Crippen LogP) is 2.72. The summed E-state index contributed by atoms with van der Waals surface area (Å²) in [6.07, 6.45) is 2.06. The van der Waals surface area contributed by atoms with Crippen LogP contribution in [-0.2, 0) is 10.0 Å². The Bertz CT molecular complexity index is 123. The molecule has 0 radical (unpaired) electrons. The van der Waals surface area contributed by atoms with Crippen LogP contribution in [0.3, 0.4) is 0 Å². The van der Waals surface area contributed by atoms with E-state index in [-0.39, 0.29) is 0 Å². The molecule has 0 aromatic carbocycles. The van der Waals surface area contributed by atoms with E-state index < -0.39 is 10.0 Å². The van der Waals surface area contributed by atoms with E-state index in [0.29, 0.717) is 11.2 Å². The van der Waals surface area contributed by atoms with Crippen molar-refractivity contribution in [3.63, 3.8) is 0 Å². The molecule has 0 aliphatic carbocycles. The summed E-state index contributed by atoms with van der Waals surface area (Å²) in [7, 11) is 4.17. The fourth-order valence-corrected chi connectivity index (χ4v) is 1.48. The maximum Gasteiger partial charge on any atom is 0.114 e. The highest BCUT2D eigenvalue weighted by atomic mass is 35.7. The Morgan fingerprint density at radius 1 is 1.50 bits per heavy atom. The molecule has 1 atom stereocenters. The summed E-state index contributed by atoms with van der Waals surface area (Å²) in [5.74, 6) is 0.613. The van der Waals surface area contributed by atoms with Gasteiger partial charge in [0.2, 0.25) is 0 Å². The van der Waals surface area contributed by atoms with Gasteiger partial charge in [-0.15, -0.1) is 0 Å². The molecule has 0 amide bonds. The van der Waals surface area contributed by atoms with Gasteiger partial charge in [0.25, 0.3) is 0 Å². The maximum atomic E-state index is 10.5. The van der Waals surface area contributed by atoms with Crippen molar-refractivity contribution in [1.82, 2.24) is 0 Å². The minimum absolute atomic E-state index is 0.296. The number of rotatable bonds is 4. The summed E-state index contributed by atoms with van der Waals surface area (Å²) < 4.78 is 10.5. The van der Waals surface area contributed by atoms with Crippen LogP contribution in [0.1, 0.15) is 33.6 Å². The van der Waals surface area contributed by atoms with Gasteiger partial charge in [-0.3, -0.25) is 0 Å². The molecule has 0 heterocycles. The molecule has 0 aromatic rings. The Hall–Kier alpha value is 0.440. The molecule has 0 saturated heterocycles. The van der Waals surface area contributed by atoms with Crippen LogP contribution >= 0.6 is 10.7 Å². The molecule has 0 saturated carbocycles. The van der Waals surface area contributed by atoms with Crippen molar-refractivity contribution in [1.29, 1.82) is 0 Å². The lowest BCUT2D eigenvalue weighted by Gasteiger charge is -2.20. The first-order valence-electron chi connectivity index (χ1n) is 3.52. The lowest BCUT2D eigenvalue weighted by atomic mass is 9.87.